The number of anilines is 1. The maximum atomic E-state index is 11.9. The number of halogens is 1. The van der Waals surface area contributed by atoms with Crippen LogP contribution in [-0.4, -0.2) is 52.6 Å². The SMILES string of the molecule is C=C(C)CN(CC)CCC(=O)Nc1ccc(Br)c(C)c1.O=C(O)C(=O)O. The molecule has 0 atom stereocenters. The average molecular weight is 429 g/mol. The zero-order valence-corrected chi connectivity index (χ0v) is 16.8. The van der Waals surface area contributed by atoms with E-state index in [1.165, 1.54) is 0 Å². The van der Waals surface area contributed by atoms with Crippen molar-refractivity contribution in [2.45, 2.75) is 27.2 Å². The number of likely N-dealkylation sites (N-methyl/N-ethyl adjacent to an activating group) is 1. The van der Waals surface area contributed by atoms with Gasteiger partial charge in [-0.15, -0.1) is 0 Å². The highest BCUT2D eigenvalue weighted by molar-refractivity contribution is 9.10. The number of amides is 1. The van der Waals surface area contributed by atoms with Gasteiger partial charge in [-0.25, -0.2) is 9.59 Å². The zero-order valence-electron chi connectivity index (χ0n) is 15.2. The molecule has 26 heavy (non-hydrogen) atoms. The van der Waals surface area contributed by atoms with Gasteiger partial charge in [-0.3, -0.25) is 9.69 Å². The lowest BCUT2D eigenvalue weighted by Crippen LogP contribution is -2.29. The number of carboxylic acid groups (broad SMARTS) is 2. The Labute approximate surface area is 161 Å². The monoisotopic (exact) mass is 428 g/mol. The van der Waals surface area contributed by atoms with Crippen LogP contribution in [0.25, 0.3) is 0 Å². The zero-order chi connectivity index (χ0) is 20.3. The summed E-state index contributed by atoms with van der Waals surface area (Å²) in [6, 6.07) is 5.82. The summed E-state index contributed by atoms with van der Waals surface area (Å²) in [5, 5.41) is 17.7. The standard InChI is InChI=1S/C16H23BrN2O.C2H2O4/c1-5-19(11-12(2)3)9-8-16(20)18-14-6-7-15(17)13(4)10-14;3-1(4)2(5)6/h6-7,10H,2,5,8-9,11H2,1,3-4H3,(H,18,20);(H,3,4)(H,5,6). The van der Waals surface area contributed by atoms with E-state index >= 15 is 0 Å². The van der Waals surface area contributed by atoms with Gasteiger partial charge in [-0.05, 0) is 44.2 Å². The van der Waals surface area contributed by atoms with E-state index in [9.17, 15) is 4.79 Å². The lowest BCUT2D eigenvalue weighted by molar-refractivity contribution is -0.159. The third-order valence-corrected chi connectivity index (χ3v) is 4.11. The molecule has 0 saturated heterocycles. The van der Waals surface area contributed by atoms with E-state index < -0.39 is 11.9 Å². The molecule has 3 N–H and O–H groups in total. The number of aryl methyl sites for hydroxylation is 1. The van der Waals surface area contributed by atoms with Gasteiger partial charge in [0.05, 0.1) is 0 Å². The Balaban J connectivity index is 0.000000896. The van der Waals surface area contributed by atoms with Gasteiger partial charge in [0.25, 0.3) is 0 Å². The molecule has 0 saturated carbocycles. The quantitative estimate of drug-likeness (QED) is 0.454. The molecule has 144 valence electrons. The van der Waals surface area contributed by atoms with Gasteiger partial charge < -0.3 is 15.5 Å². The number of nitrogens with zero attached hydrogens (tertiary/aromatic N) is 1. The number of carbonyl (C=O) groups is 3. The molecule has 0 heterocycles. The van der Waals surface area contributed by atoms with Crippen molar-refractivity contribution in [2.75, 3.05) is 25.0 Å². The predicted octanol–water partition coefficient (Wildman–Crippen LogP) is 3.14. The summed E-state index contributed by atoms with van der Waals surface area (Å²) in [5.74, 6) is -3.60. The molecule has 0 spiro atoms. The van der Waals surface area contributed by atoms with Crippen LogP contribution in [0.3, 0.4) is 0 Å². The fraction of sp³-hybridized carbons (Fsp3) is 0.389. The van der Waals surface area contributed by atoms with Gasteiger partial charge in [-0.2, -0.15) is 0 Å². The maximum Gasteiger partial charge on any atom is 0.414 e. The van der Waals surface area contributed by atoms with Crippen molar-refractivity contribution in [2.24, 2.45) is 0 Å². The van der Waals surface area contributed by atoms with E-state index in [4.69, 9.17) is 19.8 Å². The van der Waals surface area contributed by atoms with Crippen LogP contribution in [0.5, 0.6) is 0 Å². The second-order valence-corrected chi connectivity index (χ2v) is 6.55. The molecule has 0 aliphatic carbocycles. The molecule has 1 aromatic rings. The highest BCUT2D eigenvalue weighted by Crippen LogP contribution is 2.20. The Kier molecular flexibility index (Phi) is 11.2. The van der Waals surface area contributed by atoms with Crippen molar-refractivity contribution < 1.29 is 24.6 Å². The highest BCUT2D eigenvalue weighted by atomic mass is 79.9. The van der Waals surface area contributed by atoms with Crippen molar-refractivity contribution >= 4 is 39.5 Å². The summed E-state index contributed by atoms with van der Waals surface area (Å²) >= 11 is 3.45. The highest BCUT2D eigenvalue weighted by Gasteiger charge is 2.08. The van der Waals surface area contributed by atoms with E-state index in [-0.39, 0.29) is 5.91 Å². The molecule has 0 unspecified atom stereocenters. The largest absolute Gasteiger partial charge is 0.473 e. The van der Waals surface area contributed by atoms with E-state index in [0.29, 0.717) is 6.42 Å². The Morgan fingerprint density at radius 3 is 2.23 bits per heavy atom. The first-order chi connectivity index (χ1) is 12.1. The summed E-state index contributed by atoms with van der Waals surface area (Å²) in [6.07, 6.45) is 0.496. The number of aliphatic carboxylic acids is 2. The molecule has 8 heteroatoms. The molecular weight excluding hydrogens is 404 g/mol. The van der Waals surface area contributed by atoms with Crippen molar-refractivity contribution in [3.63, 3.8) is 0 Å². The normalized spacial score (nSPS) is 9.88. The second-order valence-electron chi connectivity index (χ2n) is 5.70. The number of hydrogen-bond acceptors (Lipinski definition) is 4. The van der Waals surface area contributed by atoms with Gasteiger partial charge in [0.15, 0.2) is 0 Å². The molecule has 1 amide bonds. The number of benzene rings is 1. The Hall–Kier alpha value is -2.19. The minimum absolute atomic E-state index is 0.0480. The fourth-order valence-corrected chi connectivity index (χ4v) is 2.18. The van der Waals surface area contributed by atoms with Crippen LogP contribution in [0.1, 0.15) is 25.8 Å². The topological polar surface area (TPSA) is 107 Å². The molecule has 7 nitrogen and oxygen atoms in total. The smallest absolute Gasteiger partial charge is 0.414 e. The van der Waals surface area contributed by atoms with Gasteiger partial charge in [0.1, 0.15) is 0 Å². The second kappa shape index (κ2) is 12.2. The third kappa shape index (κ3) is 10.6. The summed E-state index contributed by atoms with van der Waals surface area (Å²) in [5.41, 5.74) is 3.08. The molecule has 1 aromatic carbocycles. The van der Waals surface area contributed by atoms with E-state index in [1.54, 1.807) is 0 Å². The lowest BCUT2D eigenvalue weighted by atomic mass is 10.2. The summed E-state index contributed by atoms with van der Waals surface area (Å²) < 4.78 is 1.05. The Morgan fingerprint density at radius 2 is 1.81 bits per heavy atom. The fourth-order valence-electron chi connectivity index (χ4n) is 1.94. The number of carbonyl (C=O) groups excluding carboxylic acids is 1. The number of carboxylic acids is 2. The van der Waals surface area contributed by atoms with Crippen molar-refractivity contribution in [3.8, 4) is 0 Å². The molecule has 0 bridgehead atoms. The van der Waals surface area contributed by atoms with E-state index in [0.717, 1.165) is 40.9 Å². The summed E-state index contributed by atoms with van der Waals surface area (Å²) in [6.45, 7) is 12.5. The van der Waals surface area contributed by atoms with Crippen LogP contribution in [0.4, 0.5) is 5.69 Å². The minimum Gasteiger partial charge on any atom is -0.473 e. The van der Waals surface area contributed by atoms with Gasteiger partial charge in [0, 0.05) is 29.7 Å². The number of nitrogens with one attached hydrogen (secondary N) is 1. The van der Waals surface area contributed by atoms with Crippen LogP contribution < -0.4 is 5.32 Å². The van der Waals surface area contributed by atoms with Gasteiger partial charge in [0.2, 0.25) is 5.91 Å². The molecule has 0 radical (unpaired) electrons. The van der Waals surface area contributed by atoms with Crippen LogP contribution in [0, 0.1) is 6.92 Å². The first-order valence-corrected chi connectivity index (χ1v) is 8.75. The number of rotatable bonds is 7. The van der Waals surface area contributed by atoms with Gasteiger partial charge >= 0.3 is 11.9 Å². The van der Waals surface area contributed by atoms with Crippen LogP contribution in [0.15, 0.2) is 34.8 Å². The first kappa shape index (κ1) is 23.8. The molecule has 0 aliphatic heterocycles. The predicted molar refractivity (Wildman–Crippen MR) is 104 cm³/mol. The van der Waals surface area contributed by atoms with Gasteiger partial charge in [-0.1, -0.05) is 35.0 Å². The molecule has 0 fully saturated rings. The molecule has 0 aromatic heterocycles. The van der Waals surface area contributed by atoms with Crippen LogP contribution >= 0.6 is 15.9 Å². The summed E-state index contributed by atoms with van der Waals surface area (Å²) in [7, 11) is 0. The van der Waals surface area contributed by atoms with E-state index in [2.05, 4.69) is 39.6 Å². The molecule has 0 aliphatic rings. The molecule has 1 rings (SSSR count). The van der Waals surface area contributed by atoms with Crippen molar-refractivity contribution in [1.29, 1.82) is 0 Å². The molecular formula is C18H25BrN2O5. The lowest BCUT2D eigenvalue weighted by Gasteiger charge is -2.20. The van der Waals surface area contributed by atoms with E-state index in [1.807, 2.05) is 32.0 Å². The Morgan fingerprint density at radius 1 is 1.23 bits per heavy atom. The minimum atomic E-state index is -1.82. The van der Waals surface area contributed by atoms with Crippen LogP contribution in [-0.2, 0) is 14.4 Å². The van der Waals surface area contributed by atoms with Crippen molar-refractivity contribution in [1.82, 2.24) is 4.90 Å². The van der Waals surface area contributed by atoms with Crippen molar-refractivity contribution in [3.05, 3.63) is 40.4 Å². The summed E-state index contributed by atoms with van der Waals surface area (Å²) in [4.78, 5) is 32.4. The number of hydrogen-bond donors (Lipinski definition) is 3. The Bertz CT molecular complexity index is 649. The maximum absolute atomic E-state index is 11.9. The first-order valence-electron chi connectivity index (χ1n) is 7.95. The van der Waals surface area contributed by atoms with Crippen LogP contribution in [0.2, 0.25) is 0 Å². The average Bonchev–Trinajstić information content (AvgIpc) is 2.55. The third-order valence-electron chi connectivity index (χ3n) is 3.22.